The molecule has 4 N–H and O–H groups in total. The Hall–Kier alpha value is -4.23. The number of carbonyl (C=O) groups excluding carboxylic acids is 5. The normalized spacial score (nSPS) is 35.8. The first kappa shape index (κ1) is 52.4. The summed E-state index contributed by atoms with van der Waals surface area (Å²) in [6.45, 7) is 11.2. The third-order valence-electron chi connectivity index (χ3n) is 12.4. The van der Waals surface area contributed by atoms with Crippen molar-refractivity contribution in [3.05, 3.63) is 59.8 Å². The van der Waals surface area contributed by atoms with Gasteiger partial charge in [-0.1, -0.05) is 77.0 Å². The number of fused-ring (bicyclic) bond motifs is 6. The minimum Gasteiger partial charge on any atom is -0.466 e. The van der Waals surface area contributed by atoms with Gasteiger partial charge >= 0.3 is 29.8 Å². The topological polar surface area (TPSA) is 240 Å². The van der Waals surface area contributed by atoms with Crippen LogP contribution < -0.4 is 0 Å². The van der Waals surface area contributed by atoms with Crippen molar-refractivity contribution in [2.75, 3.05) is 14.2 Å². The number of rotatable bonds is 9. The van der Waals surface area contributed by atoms with E-state index < -0.39 is 114 Å². The number of unbranched alkanes of at least 4 members (excludes halogenated alkanes) is 1. The lowest BCUT2D eigenvalue weighted by atomic mass is 9.70. The molecule has 3 fully saturated rings. The molecule has 4 aliphatic rings. The van der Waals surface area contributed by atoms with E-state index in [-0.39, 0.29) is 50.5 Å². The van der Waals surface area contributed by atoms with Gasteiger partial charge in [-0.15, -0.1) is 0 Å². The Morgan fingerprint density at radius 2 is 1.56 bits per heavy atom. The summed E-state index contributed by atoms with van der Waals surface area (Å²) in [6, 6.07) is 0. The molecule has 17 heteroatoms. The monoisotopic (exact) mass is 904 g/mol. The highest BCUT2D eigenvalue weighted by molar-refractivity contribution is 5.85. The van der Waals surface area contributed by atoms with Crippen molar-refractivity contribution < 1.29 is 82.3 Å². The maximum absolute atomic E-state index is 13.4. The van der Waals surface area contributed by atoms with Crippen molar-refractivity contribution >= 4 is 29.8 Å². The van der Waals surface area contributed by atoms with E-state index in [2.05, 4.69) is 0 Å². The summed E-state index contributed by atoms with van der Waals surface area (Å²) in [6.07, 6.45) is 2.55. The molecule has 4 heterocycles. The fourth-order valence-corrected chi connectivity index (χ4v) is 8.57. The van der Waals surface area contributed by atoms with Crippen LogP contribution in [0.25, 0.3) is 0 Å². The average molecular weight is 905 g/mol. The Labute approximate surface area is 375 Å². The maximum Gasteiger partial charge on any atom is 0.331 e. The van der Waals surface area contributed by atoms with Crippen LogP contribution in [0.2, 0.25) is 0 Å². The molecule has 0 unspecified atom stereocenters. The van der Waals surface area contributed by atoms with Gasteiger partial charge in [0.25, 0.3) is 0 Å². The number of esters is 5. The molecule has 0 spiro atoms. The maximum atomic E-state index is 13.4. The average Bonchev–Trinajstić information content (AvgIpc) is 3.19. The Kier molecular flexibility index (Phi) is 18.3. The summed E-state index contributed by atoms with van der Waals surface area (Å²) in [4.78, 5) is 64.7. The Balaban J connectivity index is 1.89. The lowest BCUT2D eigenvalue weighted by Crippen LogP contribution is -2.62. The molecule has 64 heavy (non-hydrogen) atoms. The molecule has 4 aliphatic heterocycles. The number of hydrogen-bond donors (Lipinski definition) is 4. The van der Waals surface area contributed by atoms with Gasteiger partial charge in [0.2, 0.25) is 5.79 Å². The zero-order valence-electron chi connectivity index (χ0n) is 38.5. The molecule has 0 saturated carbocycles. The van der Waals surface area contributed by atoms with Crippen molar-refractivity contribution in [3.8, 4) is 0 Å². The van der Waals surface area contributed by atoms with Gasteiger partial charge in [-0.2, -0.15) is 0 Å². The van der Waals surface area contributed by atoms with E-state index in [1.807, 2.05) is 13.0 Å². The molecule has 0 amide bonds. The lowest BCUT2D eigenvalue weighted by molar-refractivity contribution is -0.348. The molecule has 0 aliphatic carbocycles. The van der Waals surface area contributed by atoms with Gasteiger partial charge in [0.1, 0.15) is 12.2 Å². The first-order valence-electron chi connectivity index (χ1n) is 21.9. The second-order valence-corrected chi connectivity index (χ2v) is 18.3. The fourth-order valence-electron chi connectivity index (χ4n) is 8.57. The summed E-state index contributed by atoms with van der Waals surface area (Å²) in [7, 11) is 2.40. The molecule has 0 aromatic carbocycles. The van der Waals surface area contributed by atoms with E-state index in [0.717, 1.165) is 32.1 Å². The van der Waals surface area contributed by atoms with Gasteiger partial charge in [-0.25, -0.2) is 14.4 Å². The first-order valence-corrected chi connectivity index (χ1v) is 21.9. The number of hydrogen-bond acceptors (Lipinski definition) is 17. The molecule has 0 radical (unpaired) electrons. The Morgan fingerprint density at radius 3 is 2.20 bits per heavy atom. The minimum absolute atomic E-state index is 0.0721. The van der Waals surface area contributed by atoms with Crippen LogP contribution in [0.15, 0.2) is 59.8 Å². The van der Waals surface area contributed by atoms with Gasteiger partial charge in [-0.05, 0) is 38.2 Å². The van der Waals surface area contributed by atoms with Crippen LogP contribution in [0, 0.1) is 10.8 Å². The number of ether oxygens (including phenoxy) is 8. The predicted octanol–water partition coefficient (Wildman–Crippen LogP) is 4.28. The molecule has 358 valence electrons. The van der Waals surface area contributed by atoms with Crippen LogP contribution in [0.1, 0.15) is 113 Å². The minimum atomic E-state index is -2.47. The van der Waals surface area contributed by atoms with Crippen molar-refractivity contribution in [1.82, 2.24) is 0 Å². The summed E-state index contributed by atoms with van der Waals surface area (Å²) < 4.78 is 46.7. The van der Waals surface area contributed by atoms with Gasteiger partial charge in [0.05, 0.1) is 62.7 Å². The molecule has 11 atom stereocenters. The highest BCUT2D eigenvalue weighted by atomic mass is 16.7. The zero-order valence-corrected chi connectivity index (χ0v) is 38.5. The van der Waals surface area contributed by atoms with Crippen LogP contribution in [-0.2, 0) is 61.9 Å². The van der Waals surface area contributed by atoms with Crippen LogP contribution >= 0.6 is 0 Å². The molecule has 4 rings (SSSR count). The Bertz CT molecular complexity index is 1830. The number of carbonyl (C=O) groups is 5. The van der Waals surface area contributed by atoms with Crippen molar-refractivity contribution in [3.63, 3.8) is 0 Å². The summed E-state index contributed by atoms with van der Waals surface area (Å²) in [5.41, 5.74) is -2.06. The van der Waals surface area contributed by atoms with Gasteiger partial charge in [-0.3, -0.25) is 9.59 Å². The third kappa shape index (κ3) is 13.4. The second-order valence-electron chi connectivity index (χ2n) is 18.3. The Morgan fingerprint density at radius 1 is 0.875 bits per heavy atom. The lowest BCUT2D eigenvalue weighted by Gasteiger charge is -2.53. The van der Waals surface area contributed by atoms with Gasteiger partial charge in [0, 0.05) is 56.3 Å². The van der Waals surface area contributed by atoms with Crippen molar-refractivity contribution in [1.29, 1.82) is 0 Å². The van der Waals surface area contributed by atoms with E-state index in [0.29, 0.717) is 5.57 Å². The van der Waals surface area contributed by atoms with Crippen LogP contribution in [0.5, 0.6) is 0 Å². The van der Waals surface area contributed by atoms with E-state index in [1.54, 1.807) is 45.9 Å². The molecular weight excluding hydrogens is 836 g/mol. The fraction of sp³-hybridized carbons (Fsp3) is 0.681. The van der Waals surface area contributed by atoms with Crippen molar-refractivity contribution in [2.45, 2.75) is 179 Å². The molecule has 3 saturated heterocycles. The molecule has 0 aromatic rings. The number of methoxy groups -OCH3 is 2. The van der Waals surface area contributed by atoms with E-state index in [4.69, 9.17) is 37.9 Å². The van der Waals surface area contributed by atoms with Crippen LogP contribution in [0.4, 0.5) is 0 Å². The van der Waals surface area contributed by atoms with Gasteiger partial charge < -0.3 is 58.3 Å². The van der Waals surface area contributed by atoms with E-state index in [1.165, 1.54) is 33.1 Å². The highest BCUT2D eigenvalue weighted by Gasteiger charge is 2.59. The quantitative estimate of drug-likeness (QED) is 0.0830. The summed E-state index contributed by atoms with van der Waals surface area (Å²) >= 11 is 0. The van der Waals surface area contributed by atoms with E-state index in [9.17, 15) is 44.4 Å². The SMILES string of the molecule is CCC/C=C/C=C/C(=O)O[C@H]1/C(=C/C(=O)OC)C[C@H]2C[C@@H]([C@H](C)O)OC(=O)C[C@H](O)C[C@@H]3C[C@@H](OC(C)=O)C(C)(C)[C@@](O)(C[C@H]4C/C(=C\C(=O)OC)C[C@@H](/C=C\C(C)(C)[C@@]1(O)O2)O4)O3. The standard InChI is InChI=1S/C47H68O17/c1-10-11-12-13-14-15-39(51)62-43-31(22-41(53)58-9)21-34-25-37(28(2)48)61-42(54)24-32(50)23-35-26-38(59-29(3)49)45(6,7)46(55,63-35)27-36-19-30(20-40(52)57-8)18-33(60-36)16-17-44(4,5)47(43,56)64-34/h12-17,20,22,28,32-38,43,48,50,55-56H,10-11,18-19,21,23-27H2,1-9H3/b13-12+,15-14+,17-16-,30-20-,31-22+/t28-,32+,33+,34-,35+,36+,37-,38+,43-,46+,47-/m0/s1. The van der Waals surface area contributed by atoms with Crippen molar-refractivity contribution in [2.24, 2.45) is 10.8 Å². The zero-order chi connectivity index (χ0) is 47.6. The smallest absolute Gasteiger partial charge is 0.331 e. The van der Waals surface area contributed by atoms with Crippen LogP contribution in [-0.4, -0.2) is 131 Å². The molecule has 6 bridgehead atoms. The predicted molar refractivity (Wildman–Crippen MR) is 228 cm³/mol. The molecule has 0 aromatic heterocycles. The number of aliphatic hydroxyl groups is 4. The number of cyclic esters (lactones) is 1. The first-order chi connectivity index (χ1) is 29.9. The molecule has 17 nitrogen and oxygen atoms in total. The highest BCUT2D eigenvalue weighted by Crippen LogP contribution is 2.50. The second kappa shape index (κ2) is 22.3. The summed E-state index contributed by atoms with van der Waals surface area (Å²) in [5.74, 6) is -8.31. The van der Waals surface area contributed by atoms with Crippen LogP contribution in [0.3, 0.4) is 0 Å². The summed E-state index contributed by atoms with van der Waals surface area (Å²) in [5, 5.41) is 47.5. The van der Waals surface area contributed by atoms with Gasteiger partial charge in [0.15, 0.2) is 11.9 Å². The number of allylic oxidation sites excluding steroid dienone is 3. The largest absolute Gasteiger partial charge is 0.466 e. The van der Waals surface area contributed by atoms with E-state index >= 15 is 0 Å². The molecular formula is C47H68O17. The number of aliphatic hydroxyl groups excluding tert-OH is 2. The third-order valence-corrected chi connectivity index (χ3v) is 12.4.